The van der Waals surface area contributed by atoms with Crippen LogP contribution in [0.15, 0.2) is 12.3 Å². The molecule has 0 spiro atoms. The van der Waals surface area contributed by atoms with Gasteiger partial charge in [-0.2, -0.15) is 18.2 Å². The second kappa shape index (κ2) is 5.22. The topological polar surface area (TPSA) is 32.3 Å². The second-order valence-corrected chi connectivity index (χ2v) is 4.91. The average Bonchev–Trinajstić information content (AvgIpc) is 2.38. The maximum atomic E-state index is 12.6. The summed E-state index contributed by atoms with van der Waals surface area (Å²) in [7, 11) is 3.73. The lowest BCUT2D eigenvalue weighted by Gasteiger charge is -2.33. The van der Waals surface area contributed by atoms with Crippen LogP contribution in [0, 0.1) is 5.92 Å². The van der Waals surface area contributed by atoms with E-state index in [2.05, 4.69) is 9.97 Å². The van der Waals surface area contributed by atoms with Gasteiger partial charge in [-0.25, -0.2) is 4.98 Å². The van der Waals surface area contributed by atoms with Gasteiger partial charge in [0.05, 0.1) is 5.92 Å². The van der Waals surface area contributed by atoms with E-state index in [0.29, 0.717) is 19.0 Å². The highest BCUT2D eigenvalue weighted by molar-refractivity contribution is 5.42. The van der Waals surface area contributed by atoms with Crippen molar-refractivity contribution in [2.75, 3.05) is 37.0 Å². The summed E-state index contributed by atoms with van der Waals surface area (Å²) in [5.74, 6) is 0.0653. The van der Waals surface area contributed by atoms with Gasteiger partial charge < -0.3 is 9.80 Å². The first-order valence-corrected chi connectivity index (χ1v) is 6.20. The largest absolute Gasteiger partial charge is 0.391 e. The van der Waals surface area contributed by atoms with Crippen molar-refractivity contribution in [2.24, 2.45) is 5.92 Å². The SMILES string of the molecule is CN(C)c1ccnc(N2CCC(C(F)(F)F)CC2)n1. The first-order valence-electron chi connectivity index (χ1n) is 6.20. The van der Waals surface area contributed by atoms with E-state index in [1.165, 1.54) is 0 Å². The number of aromatic nitrogens is 2. The van der Waals surface area contributed by atoms with Crippen LogP contribution < -0.4 is 9.80 Å². The molecule has 0 radical (unpaired) electrons. The smallest absolute Gasteiger partial charge is 0.363 e. The van der Waals surface area contributed by atoms with E-state index < -0.39 is 12.1 Å². The quantitative estimate of drug-likeness (QED) is 0.828. The van der Waals surface area contributed by atoms with E-state index in [9.17, 15) is 13.2 Å². The summed E-state index contributed by atoms with van der Waals surface area (Å²) < 4.78 is 37.8. The lowest BCUT2D eigenvalue weighted by Crippen LogP contribution is -2.39. The molecule has 1 aliphatic heterocycles. The Bertz CT molecular complexity index is 425. The van der Waals surface area contributed by atoms with Crippen LogP contribution in [0.2, 0.25) is 0 Å². The number of hydrogen-bond acceptors (Lipinski definition) is 4. The van der Waals surface area contributed by atoms with E-state index in [1.807, 2.05) is 23.9 Å². The number of anilines is 2. The normalized spacial score (nSPS) is 17.6. The number of alkyl halides is 3. The van der Waals surface area contributed by atoms with Crippen molar-refractivity contribution in [3.63, 3.8) is 0 Å². The molecule has 7 heteroatoms. The van der Waals surface area contributed by atoms with Crippen LogP contribution in [-0.2, 0) is 0 Å². The minimum Gasteiger partial charge on any atom is -0.363 e. The summed E-state index contributed by atoms with van der Waals surface area (Å²) in [6.45, 7) is 0.697. The van der Waals surface area contributed by atoms with Gasteiger partial charge in [0.25, 0.3) is 0 Å². The molecule has 1 aliphatic rings. The predicted octanol–water partition coefficient (Wildman–Crippen LogP) is 2.32. The van der Waals surface area contributed by atoms with Gasteiger partial charge in [-0.1, -0.05) is 0 Å². The monoisotopic (exact) mass is 274 g/mol. The molecule has 2 heterocycles. The molecule has 0 unspecified atom stereocenters. The Labute approximate surface area is 110 Å². The molecular weight excluding hydrogens is 257 g/mol. The molecule has 0 aliphatic carbocycles. The molecule has 1 aromatic rings. The van der Waals surface area contributed by atoms with Crippen molar-refractivity contribution in [2.45, 2.75) is 19.0 Å². The van der Waals surface area contributed by atoms with Crippen LogP contribution in [0.25, 0.3) is 0 Å². The number of piperidine rings is 1. The zero-order valence-corrected chi connectivity index (χ0v) is 11.0. The summed E-state index contributed by atoms with van der Waals surface area (Å²) in [4.78, 5) is 12.1. The van der Waals surface area contributed by atoms with Gasteiger partial charge >= 0.3 is 6.18 Å². The summed E-state index contributed by atoms with van der Waals surface area (Å²) >= 11 is 0. The molecule has 1 aromatic heterocycles. The molecule has 19 heavy (non-hydrogen) atoms. The third kappa shape index (κ3) is 3.27. The van der Waals surface area contributed by atoms with Gasteiger partial charge in [0.2, 0.25) is 5.95 Å². The summed E-state index contributed by atoms with van der Waals surface area (Å²) in [6.07, 6.45) is -2.23. The van der Waals surface area contributed by atoms with Crippen molar-refractivity contribution in [3.05, 3.63) is 12.3 Å². The Kier molecular flexibility index (Phi) is 3.82. The standard InChI is InChI=1S/C12H17F3N4/c1-18(2)10-3-6-16-11(17-10)19-7-4-9(5-8-19)12(13,14)15/h3,6,9H,4-5,7-8H2,1-2H3. The molecule has 4 nitrogen and oxygen atoms in total. The van der Waals surface area contributed by atoms with E-state index in [4.69, 9.17) is 0 Å². The highest BCUT2D eigenvalue weighted by Gasteiger charge is 2.41. The van der Waals surface area contributed by atoms with Crippen LogP contribution >= 0.6 is 0 Å². The summed E-state index contributed by atoms with van der Waals surface area (Å²) in [6, 6.07) is 1.77. The average molecular weight is 274 g/mol. The van der Waals surface area contributed by atoms with Crippen molar-refractivity contribution >= 4 is 11.8 Å². The third-order valence-electron chi connectivity index (χ3n) is 3.33. The highest BCUT2D eigenvalue weighted by atomic mass is 19.4. The van der Waals surface area contributed by atoms with Gasteiger partial charge in [0, 0.05) is 33.4 Å². The van der Waals surface area contributed by atoms with E-state index >= 15 is 0 Å². The fourth-order valence-electron chi connectivity index (χ4n) is 2.15. The molecule has 1 fully saturated rings. The van der Waals surface area contributed by atoms with Gasteiger partial charge in [0.15, 0.2) is 0 Å². The maximum absolute atomic E-state index is 12.6. The lowest BCUT2D eigenvalue weighted by atomic mass is 9.96. The molecule has 1 saturated heterocycles. The van der Waals surface area contributed by atoms with E-state index in [1.54, 1.807) is 12.3 Å². The Morgan fingerprint density at radius 1 is 1.26 bits per heavy atom. The summed E-state index contributed by atoms with van der Waals surface area (Å²) in [5, 5.41) is 0. The molecule has 0 amide bonds. The number of hydrogen-bond donors (Lipinski definition) is 0. The van der Waals surface area contributed by atoms with E-state index in [-0.39, 0.29) is 12.8 Å². The van der Waals surface area contributed by atoms with Crippen molar-refractivity contribution < 1.29 is 13.2 Å². The van der Waals surface area contributed by atoms with Crippen molar-refractivity contribution in [1.29, 1.82) is 0 Å². The Balaban J connectivity index is 2.03. The van der Waals surface area contributed by atoms with Crippen LogP contribution in [0.4, 0.5) is 24.9 Å². The van der Waals surface area contributed by atoms with Crippen LogP contribution in [0.5, 0.6) is 0 Å². The number of nitrogens with zero attached hydrogens (tertiary/aromatic N) is 4. The Morgan fingerprint density at radius 3 is 2.42 bits per heavy atom. The highest BCUT2D eigenvalue weighted by Crippen LogP contribution is 2.34. The number of rotatable bonds is 2. The summed E-state index contributed by atoms with van der Waals surface area (Å²) in [5.41, 5.74) is 0. The van der Waals surface area contributed by atoms with Crippen LogP contribution in [-0.4, -0.2) is 43.3 Å². The van der Waals surface area contributed by atoms with Gasteiger partial charge in [-0.3, -0.25) is 0 Å². The van der Waals surface area contributed by atoms with Crippen molar-refractivity contribution in [3.8, 4) is 0 Å². The molecule has 0 bridgehead atoms. The lowest BCUT2D eigenvalue weighted by molar-refractivity contribution is -0.179. The van der Waals surface area contributed by atoms with Gasteiger partial charge in [0.1, 0.15) is 5.82 Å². The Morgan fingerprint density at radius 2 is 1.89 bits per heavy atom. The maximum Gasteiger partial charge on any atom is 0.391 e. The second-order valence-electron chi connectivity index (χ2n) is 4.91. The molecule has 106 valence electrons. The minimum atomic E-state index is -4.08. The molecule has 0 atom stereocenters. The fraction of sp³-hybridized carbons (Fsp3) is 0.667. The zero-order chi connectivity index (χ0) is 14.0. The first kappa shape index (κ1) is 13.9. The van der Waals surface area contributed by atoms with Gasteiger partial charge in [-0.15, -0.1) is 0 Å². The molecule has 2 rings (SSSR count). The first-order chi connectivity index (χ1) is 8.88. The fourth-order valence-corrected chi connectivity index (χ4v) is 2.15. The van der Waals surface area contributed by atoms with E-state index in [0.717, 1.165) is 5.82 Å². The van der Waals surface area contributed by atoms with Gasteiger partial charge in [-0.05, 0) is 18.9 Å². The number of halogens is 3. The zero-order valence-electron chi connectivity index (χ0n) is 11.0. The molecule has 0 aromatic carbocycles. The van der Waals surface area contributed by atoms with Crippen LogP contribution in [0.3, 0.4) is 0 Å². The third-order valence-corrected chi connectivity index (χ3v) is 3.33. The van der Waals surface area contributed by atoms with Crippen molar-refractivity contribution in [1.82, 2.24) is 9.97 Å². The molecule has 0 saturated carbocycles. The molecule has 0 N–H and O–H groups in total. The predicted molar refractivity (Wildman–Crippen MR) is 67.4 cm³/mol. The minimum absolute atomic E-state index is 0.110. The Hall–Kier alpha value is -1.53. The van der Waals surface area contributed by atoms with Crippen LogP contribution in [0.1, 0.15) is 12.8 Å². The molecular formula is C12H17F3N4.